The molecule has 0 aliphatic heterocycles. The second-order valence-electron chi connectivity index (χ2n) is 5.88. The lowest BCUT2D eigenvalue weighted by molar-refractivity contribution is 0.358. The Kier molecular flexibility index (Phi) is 3.24. The fraction of sp³-hybridized carbons (Fsp3) is 0.467. The van der Waals surface area contributed by atoms with E-state index in [9.17, 15) is 0 Å². The first-order valence-electron chi connectivity index (χ1n) is 6.38. The first-order chi connectivity index (χ1) is 8.38. The van der Waals surface area contributed by atoms with Gasteiger partial charge in [-0.2, -0.15) is 0 Å². The third-order valence-corrected chi connectivity index (χ3v) is 3.40. The zero-order valence-electron chi connectivity index (χ0n) is 11.8. The smallest absolute Gasteiger partial charge is 0.148 e. The van der Waals surface area contributed by atoms with Crippen molar-refractivity contribution in [2.45, 2.75) is 40.7 Å². The second-order valence-corrected chi connectivity index (χ2v) is 5.88. The summed E-state index contributed by atoms with van der Waals surface area (Å²) in [5.41, 5.74) is 3.03. The molecule has 2 rings (SSSR count). The number of aromatic nitrogens is 2. The van der Waals surface area contributed by atoms with Gasteiger partial charge in [-0.05, 0) is 31.4 Å². The molecule has 0 radical (unpaired) electrons. The lowest BCUT2D eigenvalue weighted by Gasteiger charge is -2.29. The van der Waals surface area contributed by atoms with E-state index in [1.54, 1.807) is 0 Å². The summed E-state index contributed by atoms with van der Waals surface area (Å²) >= 11 is 0. The number of para-hydroxylation sites is 2. The molecule has 0 aliphatic carbocycles. The predicted octanol–water partition coefficient (Wildman–Crippen LogP) is 3.78. The molecule has 0 amide bonds. The molecule has 1 heterocycles. The van der Waals surface area contributed by atoms with E-state index < -0.39 is 0 Å². The summed E-state index contributed by atoms with van der Waals surface area (Å²) in [6.07, 6.45) is 0. The van der Waals surface area contributed by atoms with Gasteiger partial charge < -0.3 is 5.32 Å². The number of hydrogen-bond acceptors (Lipinski definition) is 3. The lowest BCUT2D eigenvalue weighted by atomic mass is 9.88. The third-order valence-electron chi connectivity index (χ3n) is 3.40. The van der Waals surface area contributed by atoms with Gasteiger partial charge >= 0.3 is 0 Å². The molecule has 2 aromatic rings. The summed E-state index contributed by atoms with van der Waals surface area (Å²) in [4.78, 5) is 9.24. The van der Waals surface area contributed by atoms with Gasteiger partial charge in [0.05, 0.1) is 16.7 Å². The number of hydrogen-bond donors (Lipinski definition) is 1. The van der Waals surface area contributed by atoms with Crippen LogP contribution in [0.15, 0.2) is 24.3 Å². The molecule has 0 fully saturated rings. The summed E-state index contributed by atoms with van der Waals surface area (Å²) in [5.74, 6) is 0.885. The number of nitrogens with zero attached hydrogens (tertiary/aromatic N) is 2. The quantitative estimate of drug-likeness (QED) is 0.872. The molecule has 0 aliphatic rings. The summed E-state index contributed by atoms with van der Waals surface area (Å²) < 4.78 is 0. The van der Waals surface area contributed by atoms with Crippen molar-refractivity contribution in [3.63, 3.8) is 0 Å². The SMILES string of the molecule is Cc1nc2ccccc2nc1NC(C)C(C)(C)C. The maximum Gasteiger partial charge on any atom is 0.148 e. The maximum absolute atomic E-state index is 4.65. The third kappa shape index (κ3) is 2.61. The van der Waals surface area contributed by atoms with Crippen LogP contribution in [0.5, 0.6) is 0 Å². The monoisotopic (exact) mass is 243 g/mol. The van der Waals surface area contributed by atoms with Crippen molar-refractivity contribution < 1.29 is 0 Å². The zero-order valence-corrected chi connectivity index (χ0v) is 11.8. The molecule has 0 bridgehead atoms. The Labute approximate surface area is 109 Å². The molecule has 96 valence electrons. The number of rotatable bonds is 2. The van der Waals surface area contributed by atoms with Gasteiger partial charge in [0, 0.05) is 6.04 Å². The molecule has 0 spiro atoms. The normalized spacial score (nSPS) is 13.6. The number of benzene rings is 1. The van der Waals surface area contributed by atoms with Crippen molar-refractivity contribution in [3.8, 4) is 0 Å². The Morgan fingerprint density at radius 3 is 2.17 bits per heavy atom. The van der Waals surface area contributed by atoms with Crippen LogP contribution >= 0.6 is 0 Å². The molecule has 18 heavy (non-hydrogen) atoms. The van der Waals surface area contributed by atoms with E-state index in [2.05, 4.69) is 43.0 Å². The lowest BCUT2D eigenvalue weighted by Crippen LogP contribution is -2.31. The van der Waals surface area contributed by atoms with Crippen molar-refractivity contribution in [1.29, 1.82) is 0 Å². The zero-order chi connectivity index (χ0) is 13.3. The Morgan fingerprint density at radius 2 is 1.61 bits per heavy atom. The maximum atomic E-state index is 4.65. The minimum Gasteiger partial charge on any atom is -0.366 e. The highest BCUT2D eigenvalue weighted by Gasteiger charge is 2.21. The van der Waals surface area contributed by atoms with Crippen LogP contribution in [0.4, 0.5) is 5.82 Å². The number of aryl methyl sites for hydroxylation is 1. The molecule has 1 unspecified atom stereocenters. The molecule has 1 aromatic carbocycles. The van der Waals surface area contributed by atoms with E-state index >= 15 is 0 Å². The van der Waals surface area contributed by atoms with Gasteiger partial charge in [0.15, 0.2) is 0 Å². The van der Waals surface area contributed by atoms with Crippen LogP contribution in [-0.2, 0) is 0 Å². The number of fused-ring (bicyclic) bond motifs is 1. The van der Waals surface area contributed by atoms with Crippen LogP contribution < -0.4 is 5.32 Å². The molecule has 1 N–H and O–H groups in total. The Bertz CT molecular complexity index is 555. The van der Waals surface area contributed by atoms with E-state index in [4.69, 9.17) is 0 Å². The van der Waals surface area contributed by atoms with Crippen LogP contribution in [-0.4, -0.2) is 16.0 Å². The first kappa shape index (κ1) is 12.8. The van der Waals surface area contributed by atoms with Gasteiger partial charge in [0.1, 0.15) is 5.82 Å². The van der Waals surface area contributed by atoms with Crippen molar-refractivity contribution >= 4 is 16.9 Å². The summed E-state index contributed by atoms with van der Waals surface area (Å²) in [6.45, 7) is 10.8. The predicted molar refractivity (Wildman–Crippen MR) is 76.8 cm³/mol. The van der Waals surface area contributed by atoms with Gasteiger partial charge in [0.25, 0.3) is 0 Å². The van der Waals surface area contributed by atoms with Crippen LogP contribution in [0, 0.1) is 12.3 Å². The fourth-order valence-electron chi connectivity index (χ4n) is 1.65. The topological polar surface area (TPSA) is 37.8 Å². The highest BCUT2D eigenvalue weighted by Crippen LogP contribution is 2.24. The summed E-state index contributed by atoms with van der Waals surface area (Å²) in [7, 11) is 0. The Morgan fingerprint density at radius 1 is 1.06 bits per heavy atom. The van der Waals surface area contributed by atoms with Gasteiger partial charge in [-0.15, -0.1) is 0 Å². The summed E-state index contributed by atoms with van der Waals surface area (Å²) in [6, 6.07) is 8.30. The van der Waals surface area contributed by atoms with E-state index in [1.807, 2.05) is 31.2 Å². The average Bonchev–Trinajstić information content (AvgIpc) is 2.28. The van der Waals surface area contributed by atoms with E-state index in [1.165, 1.54) is 0 Å². The highest BCUT2D eigenvalue weighted by molar-refractivity contribution is 5.76. The minimum absolute atomic E-state index is 0.194. The van der Waals surface area contributed by atoms with Crippen molar-refractivity contribution in [2.24, 2.45) is 5.41 Å². The standard InChI is InChI=1S/C15H21N3/c1-10-14(17-11(2)15(3,4)5)18-13-9-7-6-8-12(13)16-10/h6-9,11H,1-5H3,(H,17,18). The van der Waals surface area contributed by atoms with Crippen molar-refractivity contribution in [1.82, 2.24) is 9.97 Å². The Hall–Kier alpha value is -1.64. The molecule has 0 saturated carbocycles. The first-order valence-corrected chi connectivity index (χ1v) is 6.38. The Balaban J connectivity index is 2.36. The van der Waals surface area contributed by atoms with Crippen LogP contribution in [0.3, 0.4) is 0 Å². The molecule has 3 heteroatoms. The molecule has 3 nitrogen and oxygen atoms in total. The van der Waals surface area contributed by atoms with Gasteiger partial charge in [-0.25, -0.2) is 9.97 Å². The van der Waals surface area contributed by atoms with Crippen molar-refractivity contribution in [3.05, 3.63) is 30.0 Å². The highest BCUT2D eigenvalue weighted by atomic mass is 15.0. The largest absolute Gasteiger partial charge is 0.366 e. The second kappa shape index (κ2) is 4.56. The van der Waals surface area contributed by atoms with Gasteiger partial charge in [0.2, 0.25) is 0 Å². The van der Waals surface area contributed by atoms with Gasteiger partial charge in [-0.3, -0.25) is 0 Å². The van der Waals surface area contributed by atoms with E-state index in [-0.39, 0.29) is 5.41 Å². The van der Waals surface area contributed by atoms with Crippen LogP contribution in [0.1, 0.15) is 33.4 Å². The molecule has 1 atom stereocenters. The molecule has 1 aromatic heterocycles. The van der Waals surface area contributed by atoms with Crippen LogP contribution in [0.2, 0.25) is 0 Å². The minimum atomic E-state index is 0.194. The molecular formula is C15H21N3. The molecule has 0 saturated heterocycles. The van der Waals surface area contributed by atoms with E-state index in [0.717, 1.165) is 22.5 Å². The van der Waals surface area contributed by atoms with E-state index in [0.29, 0.717) is 6.04 Å². The van der Waals surface area contributed by atoms with Crippen LogP contribution in [0.25, 0.3) is 11.0 Å². The van der Waals surface area contributed by atoms with Gasteiger partial charge in [-0.1, -0.05) is 32.9 Å². The number of nitrogens with one attached hydrogen (secondary N) is 1. The summed E-state index contributed by atoms with van der Waals surface area (Å²) in [5, 5.41) is 3.47. The fourth-order valence-corrected chi connectivity index (χ4v) is 1.65. The average molecular weight is 243 g/mol. The van der Waals surface area contributed by atoms with Crippen molar-refractivity contribution in [2.75, 3.05) is 5.32 Å². The molecular weight excluding hydrogens is 222 g/mol. The number of anilines is 1.